The highest BCUT2D eigenvalue weighted by Crippen LogP contribution is 2.18. The number of nitrogens with two attached hydrogens (primary N) is 1. The number of aliphatic hydroxyl groups excluding tert-OH is 2. The highest BCUT2D eigenvalue weighted by atomic mass is 35.5. The molecular weight excluding hydrogens is 232 g/mol. The average molecular weight is 245 g/mol. The van der Waals surface area contributed by atoms with Gasteiger partial charge in [0.1, 0.15) is 6.10 Å². The summed E-state index contributed by atoms with van der Waals surface area (Å²) in [7, 11) is 0. The fourth-order valence-electron chi connectivity index (χ4n) is 1.25. The number of benzene rings is 1. The Labute approximate surface area is 97.8 Å². The number of nitrogen functional groups attached to an aromatic ring is 1. The van der Waals surface area contributed by atoms with Crippen molar-refractivity contribution in [1.29, 1.82) is 0 Å². The van der Waals surface area contributed by atoms with Crippen LogP contribution in [0.15, 0.2) is 24.3 Å². The first-order valence-electron chi connectivity index (χ1n) is 4.63. The smallest absolute Gasteiger partial charge is 0.265 e. The molecule has 0 saturated carbocycles. The number of amides is 1. The van der Waals surface area contributed by atoms with E-state index in [9.17, 15) is 15.0 Å². The van der Waals surface area contributed by atoms with Crippen molar-refractivity contribution in [1.82, 2.24) is 5.43 Å². The Hall–Kier alpha value is -1.14. The van der Waals surface area contributed by atoms with Crippen molar-refractivity contribution in [2.24, 2.45) is 5.84 Å². The number of hydrogen-bond donors (Lipinski definition) is 4. The van der Waals surface area contributed by atoms with E-state index in [1.165, 1.54) is 6.07 Å². The zero-order valence-corrected chi connectivity index (χ0v) is 9.19. The molecule has 0 fully saturated rings. The van der Waals surface area contributed by atoms with Crippen molar-refractivity contribution in [2.75, 3.05) is 5.88 Å². The lowest BCUT2D eigenvalue weighted by atomic mass is 10.0. The molecule has 0 radical (unpaired) electrons. The van der Waals surface area contributed by atoms with Gasteiger partial charge in [0.15, 0.2) is 0 Å². The van der Waals surface area contributed by atoms with Crippen LogP contribution < -0.4 is 11.3 Å². The second-order valence-electron chi connectivity index (χ2n) is 3.27. The van der Waals surface area contributed by atoms with E-state index in [0.717, 1.165) is 0 Å². The van der Waals surface area contributed by atoms with Crippen LogP contribution in [-0.4, -0.2) is 28.1 Å². The molecule has 0 spiro atoms. The summed E-state index contributed by atoms with van der Waals surface area (Å²) < 4.78 is 0. The van der Waals surface area contributed by atoms with E-state index in [4.69, 9.17) is 17.4 Å². The van der Waals surface area contributed by atoms with Crippen LogP contribution >= 0.6 is 11.6 Å². The number of hydrazine groups is 1. The summed E-state index contributed by atoms with van der Waals surface area (Å²) >= 11 is 5.42. The summed E-state index contributed by atoms with van der Waals surface area (Å²) in [6.45, 7) is 0. The molecule has 1 amide bonds. The fourth-order valence-corrected chi connectivity index (χ4v) is 1.42. The van der Waals surface area contributed by atoms with Crippen LogP contribution in [0.5, 0.6) is 0 Å². The van der Waals surface area contributed by atoms with Crippen molar-refractivity contribution in [3.63, 3.8) is 0 Å². The molecule has 1 aromatic rings. The van der Waals surface area contributed by atoms with Crippen LogP contribution in [0.3, 0.4) is 0 Å². The van der Waals surface area contributed by atoms with Gasteiger partial charge in [-0.1, -0.05) is 12.1 Å². The number of carbonyl (C=O) groups excluding carboxylic acids is 1. The first kappa shape index (κ1) is 12.9. The maximum Gasteiger partial charge on any atom is 0.265 e. The summed E-state index contributed by atoms with van der Waals surface area (Å²) in [5.74, 6) is 4.43. The van der Waals surface area contributed by atoms with Gasteiger partial charge in [-0.15, -0.1) is 11.6 Å². The Morgan fingerprint density at radius 2 is 2.19 bits per heavy atom. The number of alkyl halides is 1. The van der Waals surface area contributed by atoms with E-state index in [-0.39, 0.29) is 5.88 Å². The molecule has 5 N–H and O–H groups in total. The third-order valence-corrected chi connectivity index (χ3v) is 2.46. The maximum atomic E-state index is 11.2. The number of rotatable bonds is 4. The molecule has 5 nitrogen and oxygen atoms in total. The van der Waals surface area contributed by atoms with Gasteiger partial charge in [-0.2, -0.15) is 0 Å². The van der Waals surface area contributed by atoms with Gasteiger partial charge in [-0.3, -0.25) is 10.2 Å². The Kier molecular flexibility index (Phi) is 4.70. The van der Waals surface area contributed by atoms with Crippen LogP contribution in [0, 0.1) is 0 Å². The van der Waals surface area contributed by atoms with E-state index in [2.05, 4.69) is 0 Å². The minimum absolute atomic E-state index is 0.0888. The first-order valence-corrected chi connectivity index (χ1v) is 5.16. The second-order valence-corrected chi connectivity index (χ2v) is 3.57. The monoisotopic (exact) mass is 244 g/mol. The first-order chi connectivity index (χ1) is 7.60. The van der Waals surface area contributed by atoms with Crippen LogP contribution in [0.1, 0.15) is 22.0 Å². The largest absolute Gasteiger partial charge is 0.389 e. The lowest BCUT2D eigenvalue weighted by Gasteiger charge is -2.16. The lowest BCUT2D eigenvalue weighted by Crippen LogP contribution is -2.30. The van der Waals surface area contributed by atoms with Crippen molar-refractivity contribution in [3.05, 3.63) is 35.4 Å². The van der Waals surface area contributed by atoms with Crippen LogP contribution in [0.4, 0.5) is 0 Å². The molecule has 88 valence electrons. The summed E-state index contributed by atoms with van der Waals surface area (Å²) in [6, 6.07) is 6.17. The lowest BCUT2D eigenvalue weighted by molar-refractivity contribution is 0.0326. The minimum atomic E-state index is -1.12. The van der Waals surface area contributed by atoms with Gasteiger partial charge in [-0.25, -0.2) is 5.84 Å². The molecule has 0 aromatic heterocycles. The molecule has 0 aliphatic rings. The van der Waals surface area contributed by atoms with Crippen molar-refractivity contribution in [2.45, 2.75) is 12.2 Å². The molecule has 0 saturated heterocycles. The molecule has 2 unspecified atom stereocenters. The van der Waals surface area contributed by atoms with Crippen LogP contribution in [-0.2, 0) is 0 Å². The summed E-state index contributed by atoms with van der Waals surface area (Å²) in [5, 5.41) is 19.0. The zero-order chi connectivity index (χ0) is 12.1. The molecule has 16 heavy (non-hydrogen) atoms. The van der Waals surface area contributed by atoms with Gasteiger partial charge in [0, 0.05) is 5.56 Å². The normalized spacial score (nSPS) is 14.2. The van der Waals surface area contributed by atoms with Gasteiger partial charge < -0.3 is 10.2 Å². The van der Waals surface area contributed by atoms with E-state index < -0.39 is 18.1 Å². The van der Waals surface area contributed by atoms with Gasteiger partial charge >= 0.3 is 0 Å². The molecule has 2 atom stereocenters. The van der Waals surface area contributed by atoms with Crippen molar-refractivity contribution >= 4 is 17.5 Å². The minimum Gasteiger partial charge on any atom is -0.389 e. The van der Waals surface area contributed by atoms with E-state index in [1.807, 2.05) is 5.43 Å². The third-order valence-electron chi connectivity index (χ3n) is 2.14. The van der Waals surface area contributed by atoms with E-state index >= 15 is 0 Å². The molecular formula is C10H13ClN2O3. The van der Waals surface area contributed by atoms with E-state index in [1.54, 1.807) is 18.2 Å². The summed E-state index contributed by atoms with van der Waals surface area (Å²) in [6.07, 6.45) is -2.19. The Morgan fingerprint density at radius 3 is 2.75 bits per heavy atom. The van der Waals surface area contributed by atoms with Crippen molar-refractivity contribution < 1.29 is 15.0 Å². The number of nitrogens with one attached hydrogen (secondary N) is 1. The standard InChI is InChI=1S/C10H13ClN2O3/c11-5-8(14)9(15)6-2-1-3-7(4-6)10(16)13-12/h1-4,8-9,14-15H,5,12H2,(H,13,16). The number of aliphatic hydroxyl groups is 2. The van der Waals surface area contributed by atoms with Crippen LogP contribution in [0.25, 0.3) is 0 Å². The molecule has 6 heteroatoms. The Bertz CT molecular complexity index is 373. The molecule has 0 bridgehead atoms. The van der Waals surface area contributed by atoms with Gasteiger partial charge in [0.2, 0.25) is 0 Å². The summed E-state index contributed by atoms with van der Waals surface area (Å²) in [4.78, 5) is 11.2. The van der Waals surface area contributed by atoms with Gasteiger partial charge in [0.25, 0.3) is 5.91 Å². The molecule has 1 aromatic carbocycles. The number of carbonyl (C=O) groups is 1. The highest BCUT2D eigenvalue weighted by molar-refractivity contribution is 6.18. The zero-order valence-electron chi connectivity index (χ0n) is 8.43. The topological polar surface area (TPSA) is 95.6 Å². The quantitative estimate of drug-likeness (QED) is 0.258. The average Bonchev–Trinajstić information content (AvgIpc) is 2.36. The molecule has 1 rings (SSSR count). The summed E-state index contributed by atoms with van der Waals surface area (Å²) in [5.41, 5.74) is 2.70. The van der Waals surface area contributed by atoms with Crippen LogP contribution in [0.2, 0.25) is 0 Å². The molecule has 0 aliphatic heterocycles. The fraction of sp³-hybridized carbons (Fsp3) is 0.300. The van der Waals surface area contributed by atoms with Gasteiger partial charge in [-0.05, 0) is 17.7 Å². The van der Waals surface area contributed by atoms with Crippen molar-refractivity contribution in [3.8, 4) is 0 Å². The molecule has 0 aliphatic carbocycles. The predicted octanol–water partition coefficient (Wildman–Crippen LogP) is -0.0768. The van der Waals surface area contributed by atoms with E-state index in [0.29, 0.717) is 11.1 Å². The maximum absolute atomic E-state index is 11.2. The second kappa shape index (κ2) is 5.81. The molecule has 0 heterocycles. The highest BCUT2D eigenvalue weighted by Gasteiger charge is 2.18. The predicted molar refractivity (Wildman–Crippen MR) is 59.8 cm³/mol. The Morgan fingerprint density at radius 1 is 1.50 bits per heavy atom. The SMILES string of the molecule is NNC(=O)c1cccc(C(O)C(O)CCl)c1. The number of halogens is 1. The van der Waals surface area contributed by atoms with Gasteiger partial charge in [0.05, 0.1) is 12.0 Å². The third kappa shape index (κ3) is 2.93. The number of hydrogen-bond acceptors (Lipinski definition) is 4. The Balaban J connectivity index is 2.94.